The Balaban J connectivity index is 1.32. The number of rotatable bonds is 3. The highest BCUT2D eigenvalue weighted by molar-refractivity contribution is 6.22. The van der Waals surface area contributed by atoms with E-state index in [1.54, 1.807) is 0 Å². The molecule has 11 rings (SSSR count). The van der Waals surface area contributed by atoms with Gasteiger partial charge in [-0.05, 0) is 126 Å². The normalized spacial score (nSPS) is 13.4. The number of benzene rings is 9. The van der Waals surface area contributed by atoms with Crippen LogP contribution in [0.4, 0.5) is 17.1 Å². The van der Waals surface area contributed by atoms with Crippen LogP contribution in [0.25, 0.3) is 54.6 Å². The maximum Gasteiger partial charge on any atom is 0.0737 e. The average Bonchev–Trinajstić information content (AvgIpc) is 3.67. The van der Waals surface area contributed by atoms with Crippen LogP contribution in [0.1, 0.15) is 27.8 Å². The van der Waals surface area contributed by atoms with E-state index in [9.17, 15) is 0 Å². The summed E-state index contributed by atoms with van der Waals surface area (Å²) in [5.74, 6) is 0. The third-order valence-electron chi connectivity index (χ3n) is 11.4. The number of hydrogen-bond donors (Lipinski definition) is 0. The molecule has 2 aliphatic carbocycles. The van der Waals surface area contributed by atoms with Crippen molar-refractivity contribution in [1.82, 2.24) is 0 Å². The van der Waals surface area contributed by atoms with Gasteiger partial charge in [0.25, 0.3) is 0 Å². The van der Waals surface area contributed by atoms with Crippen LogP contribution in [0.15, 0.2) is 182 Å². The van der Waals surface area contributed by atoms with Gasteiger partial charge in [0.15, 0.2) is 0 Å². The Hall–Kier alpha value is -6.44. The highest BCUT2D eigenvalue weighted by atomic mass is 15.1. The van der Waals surface area contributed by atoms with Crippen molar-refractivity contribution in [3.63, 3.8) is 0 Å². The molecule has 0 fully saturated rings. The Morgan fingerprint density at radius 3 is 1.76 bits per heavy atom. The second kappa shape index (κ2) is 10.5. The molecule has 0 saturated heterocycles. The molecule has 51 heavy (non-hydrogen) atoms. The van der Waals surface area contributed by atoms with E-state index in [2.05, 4.69) is 194 Å². The highest BCUT2D eigenvalue weighted by Crippen LogP contribution is 2.66. The van der Waals surface area contributed by atoms with Gasteiger partial charge in [-0.1, -0.05) is 146 Å². The summed E-state index contributed by atoms with van der Waals surface area (Å²) in [6, 6.07) is 67.8. The van der Waals surface area contributed by atoms with Crippen LogP contribution < -0.4 is 4.90 Å². The molecule has 9 aromatic rings. The molecule has 0 atom stereocenters. The van der Waals surface area contributed by atoms with Crippen molar-refractivity contribution in [2.24, 2.45) is 0 Å². The van der Waals surface area contributed by atoms with Crippen LogP contribution in [-0.4, -0.2) is 0 Å². The Bertz CT molecular complexity index is 2840. The summed E-state index contributed by atoms with van der Waals surface area (Å²) < 4.78 is 0. The Kier molecular flexibility index (Phi) is 5.86. The van der Waals surface area contributed by atoms with Crippen molar-refractivity contribution in [2.75, 3.05) is 4.90 Å². The van der Waals surface area contributed by atoms with Crippen molar-refractivity contribution in [3.05, 3.63) is 210 Å². The zero-order valence-electron chi connectivity index (χ0n) is 28.3. The number of para-hydroxylation sites is 1. The first kappa shape index (κ1) is 28.4. The number of anilines is 3. The van der Waals surface area contributed by atoms with Crippen molar-refractivity contribution >= 4 is 49.4 Å². The zero-order chi connectivity index (χ0) is 33.7. The highest BCUT2D eigenvalue weighted by Gasteiger charge is 2.53. The van der Waals surface area contributed by atoms with Gasteiger partial charge in [-0.15, -0.1) is 0 Å². The van der Waals surface area contributed by atoms with Gasteiger partial charge in [-0.25, -0.2) is 0 Å². The topological polar surface area (TPSA) is 3.24 Å². The molecule has 0 heterocycles. The van der Waals surface area contributed by atoms with Crippen molar-refractivity contribution in [3.8, 4) is 22.3 Å². The Morgan fingerprint density at radius 2 is 1.00 bits per heavy atom. The largest absolute Gasteiger partial charge is 0.310 e. The summed E-state index contributed by atoms with van der Waals surface area (Å²) in [6.45, 7) is 2.17. The second-order valence-electron chi connectivity index (χ2n) is 14.1. The van der Waals surface area contributed by atoms with E-state index in [-0.39, 0.29) is 0 Å². The molecule has 0 amide bonds. The second-order valence-corrected chi connectivity index (χ2v) is 14.1. The van der Waals surface area contributed by atoms with Crippen LogP contribution in [-0.2, 0) is 5.41 Å². The van der Waals surface area contributed by atoms with Gasteiger partial charge in [0.2, 0.25) is 0 Å². The molecule has 1 nitrogen and oxygen atoms in total. The lowest BCUT2D eigenvalue weighted by Crippen LogP contribution is -2.26. The van der Waals surface area contributed by atoms with E-state index < -0.39 is 5.41 Å². The van der Waals surface area contributed by atoms with Gasteiger partial charge >= 0.3 is 0 Å². The average molecular weight is 648 g/mol. The smallest absolute Gasteiger partial charge is 0.0737 e. The lowest BCUT2D eigenvalue weighted by molar-refractivity contribution is 0.809. The minimum Gasteiger partial charge on any atom is -0.310 e. The van der Waals surface area contributed by atoms with E-state index >= 15 is 0 Å². The summed E-state index contributed by atoms with van der Waals surface area (Å²) in [5, 5.41) is 7.75. The minimum atomic E-state index is -0.474. The van der Waals surface area contributed by atoms with Crippen molar-refractivity contribution in [2.45, 2.75) is 12.3 Å². The van der Waals surface area contributed by atoms with E-state index in [1.165, 1.54) is 82.4 Å². The van der Waals surface area contributed by atoms with E-state index in [0.717, 1.165) is 17.1 Å². The molecule has 0 bridgehead atoms. The number of aryl methyl sites for hydroxylation is 1. The number of fused-ring (bicyclic) bond motifs is 17. The summed E-state index contributed by atoms with van der Waals surface area (Å²) in [4.78, 5) is 2.40. The predicted molar refractivity (Wildman–Crippen MR) is 215 cm³/mol. The lowest BCUT2D eigenvalue weighted by atomic mass is 9.68. The Labute approximate surface area is 297 Å². The molecule has 0 aliphatic heterocycles. The molecule has 0 N–H and O–H groups in total. The van der Waals surface area contributed by atoms with Crippen LogP contribution in [0.2, 0.25) is 0 Å². The Morgan fingerprint density at radius 1 is 0.373 bits per heavy atom. The van der Waals surface area contributed by atoms with Crippen molar-refractivity contribution in [1.29, 1.82) is 0 Å². The SMILES string of the molecule is Cc1cccc(N(c2ccccc2)c2ccc3c4c(c5ccccc5c3c2)-c2ccc3ccccc3c2C42c3ccccc3-c3ccccc32)c1. The van der Waals surface area contributed by atoms with Gasteiger partial charge in [0.1, 0.15) is 0 Å². The number of hydrogen-bond acceptors (Lipinski definition) is 1. The van der Waals surface area contributed by atoms with Gasteiger partial charge < -0.3 is 4.90 Å². The third kappa shape index (κ3) is 3.75. The maximum absolute atomic E-state index is 2.44. The minimum absolute atomic E-state index is 0.474. The molecule has 0 radical (unpaired) electrons. The summed E-state index contributed by atoms with van der Waals surface area (Å²) in [7, 11) is 0. The summed E-state index contributed by atoms with van der Waals surface area (Å²) in [6.07, 6.45) is 0. The molecular formula is C50H33N. The molecule has 0 aromatic heterocycles. The zero-order valence-corrected chi connectivity index (χ0v) is 28.3. The molecule has 0 unspecified atom stereocenters. The van der Waals surface area contributed by atoms with Crippen LogP contribution in [0.3, 0.4) is 0 Å². The summed E-state index contributed by atoms with van der Waals surface area (Å²) in [5.41, 5.74) is 15.1. The molecule has 1 heteroatoms. The molecule has 238 valence electrons. The molecule has 1 spiro atoms. The fourth-order valence-corrected chi connectivity index (χ4v) is 9.56. The monoisotopic (exact) mass is 647 g/mol. The first-order chi connectivity index (χ1) is 25.2. The first-order valence-electron chi connectivity index (χ1n) is 17.9. The molecule has 0 saturated carbocycles. The fourth-order valence-electron chi connectivity index (χ4n) is 9.56. The third-order valence-corrected chi connectivity index (χ3v) is 11.4. The molecule has 9 aromatic carbocycles. The quantitative estimate of drug-likeness (QED) is 0.173. The summed E-state index contributed by atoms with van der Waals surface area (Å²) >= 11 is 0. The first-order valence-corrected chi connectivity index (χ1v) is 17.9. The van der Waals surface area contributed by atoms with Gasteiger partial charge in [0.05, 0.1) is 5.41 Å². The molecular weight excluding hydrogens is 615 g/mol. The van der Waals surface area contributed by atoms with Gasteiger partial charge in [-0.3, -0.25) is 0 Å². The van der Waals surface area contributed by atoms with Crippen LogP contribution in [0.5, 0.6) is 0 Å². The van der Waals surface area contributed by atoms with Crippen molar-refractivity contribution < 1.29 is 0 Å². The van der Waals surface area contributed by atoms with E-state index in [1.807, 2.05) is 0 Å². The van der Waals surface area contributed by atoms with Gasteiger partial charge in [0, 0.05) is 17.1 Å². The van der Waals surface area contributed by atoms with Crippen LogP contribution >= 0.6 is 0 Å². The lowest BCUT2D eigenvalue weighted by Gasteiger charge is -2.33. The van der Waals surface area contributed by atoms with E-state index in [0.29, 0.717) is 0 Å². The van der Waals surface area contributed by atoms with Crippen LogP contribution in [0, 0.1) is 6.92 Å². The number of nitrogens with zero attached hydrogens (tertiary/aromatic N) is 1. The maximum atomic E-state index is 2.44. The standard InChI is InChI=1S/C50H33N/c1-32-14-13-18-35(30-32)51(34-16-3-2-4-17-34)36-27-29-42-44(31-36)38-20-7-8-23-41(38)47-43-28-26-33-15-5-6-19-37(33)48(43)50(49(42)47)45-24-11-9-21-39(45)40-22-10-12-25-46(40)50/h2-31H,1H3. The van der Waals surface area contributed by atoms with E-state index in [4.69, 9.17) is 0 Å². The molecule has 2 aliphatic rings. The van der Waals surface area contributed by atoms with Gasteiger partial charge in [-0.2, -0.15) is 0 Å². The predicted octanol–water partition coefficient (Wildman–Crippen LogP) is 13.3. The fraction of sp³-hybridized carbons (Fsp3) is 0.0400.